The van der Waals surface area contributed by atoms with Gasteiger partial charge in [-0.1, -0.05) is 18.2 Å². The van der Waals surface area contributed by atoms with Crippen molar-refractivity contribution in [3.63, 3.8) is 0 Å². The molecule has 0 saturated heterocycles. The molecule has 0 radical (unpaired) electrons. The number of aryl methyl sites for hydroxylation is 1. The molecular formula is C17H18N2O3. The van der Waals surface area contributed by atoms with Crippen LogP contribution in [0.5, 0.6) is 5.75 Å². The van der Waals surface area contributed by atoms with Gasteiger partial charge in [-0.15, -0.1) is 0 Å². The zero-order valence-electron chi connectivity index (χ0n) is 12.3. The Morgan fingerprint density at radius 1 is 1.09 bits per heavy atom. The second kappa shape index (κ2) is 7.26. The number of phenolic OH excluding ortho intramolecular Hbond substituents is 1. The number of anilines is 1. The maximum atomic E-state index is 11.9. The molecule has 2 aromatic carbocycles. The van der Waals surface area contributed by atoms with E-state index >= 15 is 0 Å². The molecule has 2 amide bonds. The summed E-state index contributed by atoms with van der Waals surface area (Å²) in [5.41, 5.74) is 2.07. The Balaban J connectivity index is 1.91. The minimum Gasteiger partial charge on any atom is -0.508 e. The fraction of sp³-hybridized carbons (Fsp3) is 0.176. The Kier molecular flexibility index (Phi) is 5.14. The SMILES string of the molecule is CNC(=O)c1cccc(NC(=O)CCc2ccc(O)cc2)c1. The Labute approximate surface area is 129 Å². The highest BCUT2D eigenvalue weighted by molar-refractivity contribution is 5.97. The van der Waals surface area contributed by atoms with Crippen molar-refractivity contribution < 1.29 is 14.7 Å². The fourth-order valence-electron chi connectivity index (χ4n) is 2.03. The second-order valence-corrected chi connectivity index (χ2v) is 4.87. The minimum atomic E-state index is -0.194. The minimum absolute atomic E-state index is 0.123. The normalized spacial score (nSPS) is 10.0. The van der Waals surface area contributed by atoms with Crippen LogP contribution in [-0.2, 0) is 11.2 Å². The number of hydrogen-bond donors (Lipinski definition) is 3. The van der Waals surface area contributed by atoms with Gasteiger partial charge >= 0.3 is 0 Å². The van der Waals surface area contributed by atoms with Gasteiger partial charge in [0.2, 0.25) is 5.91 Å². The summed E-state index contributed by atoms with van der Waals surface area (Å²) in [6.07, 6.45) is 0.913. The number of aromatic hydroxyl groups is 1. The van der Waals surface area contributed by atoms with Crippen LogP contribution in [0.2, 0.25) is 0 Å². The predicted molar refractivity (Wildman–Crippen MR) is 84.9 cm³/mol. The van der Waals surface area contributed by atoms with Crippen molar-refractivity contribution in [1.29, 1.82) is 0 Å². The Hall–Kier alpha value is -2.82. The van der Waals surface area contributed by atoms with Crippen molar-refractivity contribution in [1.82, 2.24) is 5.32 Å². The molecule has 0 unspecified atom stereocenters. The van der Waals surface area contributed by atoms with Crippen LogP contribution in [0, 0.1) is 0 Å². The Bertz CT molecular complexity index is 666. The first-order chi connectivity index (χ1) is 10.6. The molecule has 0 heterocycles. The molecule has 0 aromatic heterocycles. The summed E-state index contributed by atoms with van der Waals surface area (Å²) in [6, 6.07) is 13.6. The average molecular weight is 298 g/mol. The Morgan fingerprint density at radius 3 is 2.50 bits per heavy atom. The van der Waals surface area contributed by atoms with E-state index in [9.17, 15) is 14.7 Å². The number of amides is 2. The number of benzene rings is 2. The summed E-state index contributed by atoms with van der Waals surface area (Å²) in [4.78, 5) is 23.5. The van der Waals surface area contributed by atoms with E-state index in [1.807, 2.05) is 0 Å². The molecule has 0 fully saturated rings. The van der Waals surface area contributed by atoms with E-state index in [1.54, 1.807) is 55.6 Å². The van der Waals surface area contributed by atoms with E-state index in [1.165, 1.54) is 0 Å². The van der Waals surface area contributed by atoms with E-state index in [0.717, 1.165) is 5.56 Å². The molecule has 2 rings (SSSR count). The molecule has 0 bridgehead atoms. The van der Waals surface area contributed by atoms with E-state index in [-0.39, 0.29) is 17.6 Å². The van der Waals surface area contributed by atoms with Crippen LogP contribution in [0.3, 0.4) is 0 Å². The quantitative estimate of drug-likeness (QED) is 0.792. The molecule has 0 saturated carbocycles. The van der Waals surface area contributed by atoms with Crippen molar-refractivity contribution in [3.05, 3.63) is 59.7 Å². The van der Waals surface area contributed by atoms with Crippen molar-refractivity contribution >= 4 is 17.5 Å². The summed E-state index contributed by atoms with van der Waals surface area (Å²) in [6.45, 7) is 0. The summed E-state index contributed by atoms with van der Waals surface area (Å²) < 4.78 is 0. The Morgan fingerprint density at radius 2 is 1.82 bits per heavy atom. The van der Waals surface area contributed by atoms with E-state index < -0.39 is 0 Å². The molecule has 3 N–H and O–H groups in total. The zero-order valence-corrected chi connectivity index (χ0v) is 12.3. The van der Waals surface area contributed by atoms with Gasteiger partial charge in [-0.2, -0.15) is 0 Å². The monoisotopic (exact) mass is 298 g/mol. The summed E-state index contributed by atoms with van der Waals surface area (Å²) in [7, 11) is 1.56. The number of carbonyl (C=O) groups is 2. The number of hydrogen-bond acceptors (Lipinski definition) is 3. The highest BCUT2D eigenvalue weighted by Gasteiger charge is 2.07. The topological polar surface area (TPSA) is 78.4 Å². The summed E-state index contributed by atoms with van der Waals surface area (Å²) >= 11 is 0. The first-order valence-corrected chi connectivity index (χ1v) is 6.98. The lowest BCUT2D eigenvalue weighted by Gasteiger charge is -2.07. The first kappa shape index (κ1) is 15.6. The highest BCUT2D eigenvalue weighted by atomic mass is 16.3. The van der Waals surface area contributed by atoms with Crippen molar-refractivity contribution in [2.45, 2.75) is 12.8 Å². The van der Waals surface area contributed by atoms with Crippen LogP contribution in [0.25, 0.3) is 0 Å². The van der Waals surface area contributed by atoms with Crippen LogP contribution in [0.15, 0.2) is 48.5 Å². The van der Waals surface area contributed by atoms with Crippen LogP contribution in [0.1, 0.15) is 22.3 Å². The predicted octanol–water partition coefficient (Wildman–Crippen LogP) is 2.32. The van der Waals surface area contributed by atoms with Gasteiger partial charge in [0.1, 0.15) is 5.75 Å². The van der Waals surface area contributed by atoms with Gasteiger partial charge in [-0.05, 0) is 42.3 Å². The van der Waals surface area contributed by atoms with Gasteiger partial charge in [0.25, 0.3) is 5.91 Å². The molecule has 114 valence electrons. The summed E-state index contributed by atoms with van der Waals surface area (Å²) in [5.74, 6) is -0.110. The smallest absolute Gasteiger partial charge is 0.251 e. The molecule has 5 heteroatoms. The third kappa shape index (κ3) is 4.34. The van der Waals surface area contributed by atoms with Crippen molar-refractivity contribution in [3.8, 4) is 5.75 Å². The first-order valence-electron chi connectivity index (χ1n) is 6.98. The largest absolute Gasteiger partial charge is 0.508 e. The zero-order chi connectivity index (χ0) is 15.9. The number of carbonyl (C=O) groups excluding carboxylic acids is 2. The van der Waals surface area contributed by atoms with Crippen LogP contribution < -0.4 is 10.6 Å². The number of rotatable bonds is 5. The third-order valence-electron chi connectivity index (χ3n) is 3.21. The van der Waals surface area contributed by atoms with Crippen molar-refractivity contribution in [2.75, 3.05) is 12.4 Å². The average Bonchev–Trinajstić information content (AvgIpc) is 2.54. The molecule has 0 aliphatic rings. The highest BCUT2D eigenvalue weighted by Crippen LogP contribution is 2.13. The molecule has 2 aromatic rings. The van der Waals surface area contributed by atoms with Gasteiger partial charge in [0.15, 0.2) is 0 Å². The van der Waals surface area contributed by atoms with Gasteiger partial charge < -0.3 is 15.7 Å². The summed E-state index contributed by atoms with van der Waals surface area (Å²) in [5, 5.41) is 14.5. The number of phenols is 1. The van der Waals surface area contributed by atoms with E-state index in [0.29, 0.717) is 24.1 Å². The van der Waals surface area contributed by atoms with Crippen molar-refractivity contribution in [2.24, 2.45) is 0 Å². The maximum Gasteiger partial charge on any atom is 0.251 e. The molecule has 22 heavy (non-hydrogen) atoms. The molecular weight excluding hydrogens is 280 g/mol. The lowest BCUT2D eigenvalue weighted by atomic mass is 10.1. The molecule has 5 nitrogen and oxygen atoms in total. The molecule has 0 aliphatic carbocycles. The van der Waals surface area contributed by atoms with E-state index in [2.05, 4.69) is 10.6 Å². The molecule has 0 atom stereocenters. The lowest BCUT2D eigenvalue weighted by molar-refractivity contribution is -0.116. The molecule has 0 spiro atoms. The maximum absolute atomic E-state index is 11.9. The van der Waals surface area contributed by atoms with Gasteiger partial charge in [-0.25, -0.2) is 0 Å². The standard InChI is InChI=1S/C17H18N2O3/c1-18-17(22)13-3-2-4-14(11-13)19-16(21)10-7-12-5-8-15(20)9-6-12/h2-6,8-9,11,20H,7,10H2,1H3,(H,18,22)(H,19,21). The van der Waals surface area contributed by atoms with Gasteiger partial charge in [-0.3, -0.25) is 9.59 Å². The van der Waals surface area contributed by atoms with E-state index in [4.69, 9.17) is 0 Å². The van der Waals surface area contributed by atoms with Crippen LogP contribution in [-0.4, -0.2) is 24.0 Å². The molecule has 0 aliphatic heterocycles. The van der Waals surface area contributed by atoms with Crippen LogP contribution in [0.4, 0.5) is 5.69 Å². The fourth-order valence-corrected chi connectivity index (χ4v) is 2.03. The number of nitrogens with one attached hydrogen (secondary N) is 2. The van der Waals surface area contributed by atoms with Crippen LogP contribution >= 0.6 is 0 Å². The second-order valence-electron chi connectivity index (χ2n) is 4.87. The van der Waals surface area contributed by atoms with Gasteiger partial charge in [0, 0.05) is 24.7 Å². The lowest BCUT2D eigenvalue weighted by Crippen LogP contribution is -2.18. The van der Waals surface area contributed by atoms with Gasteiger partial charge in [0.05, 0.1) is 0 Å². The third-order valence-corrected chi connectivity index (χ3v) is 3.21.